The van der Waals surface area contributed by atoms with E-state index in [2.05, 4.69) is 0 Å². The summed E-state index contributed by atoms with van der Waals surface area (Å²) in [6.45, 7) is 1.31. The predicted octanol–water partition coefficient (Wildman–Crippen LogP) is 1.82. The van der Waals surface area contributed by atoms with Crippen molar-refractivity contribution < 1.29 is 23.8 Å². The molecule has 0 radical (unpaired) electrons. The van der Waals surface area contributed by atoms with Gasteiger partial charge in [0, 0.05) is 11.6 Å². The summed E-state index contributed by atoms with van der Waals surface area (Å²) in [5.74, 6) is -1.14. The largest absolute Gasteiger partial charge is 0.497 e. The molecule has 1 aromatic rings. The minimum absolute atomic E-state index is 0.0801. The summed E-state index contributed by atoms with van der Waals surface area (Å²) in [6.07, 6.45) is -0.957. The lowest BCUT2D eigenvalue weighted by atomic mass is 10.2. The minimum atomic E-state index is -1.08. The van der Waals surface area contributed by atoms with Gasteiger partial charge in [0.1, 0.15) is 11.6 Å². The second kappa shape index (κ2) is 5.46. The van der Waals surface area contributed by atoms with Crippen molar-refractivity contribution in [1.29, 1.82) is 0 Å². The van der Waals surface area contributed by atoms with Crippen LogP contribution in [0.2, 0.25) is 0 Å². The molecule has 1 atom stereocenters. The number of aliphatic carboxylic acids is 1. The smallest absolute Gasteiger partial charge is 0.332 e. The van der Waals surface area contributed by atoms with Crippen molar-refractivity contribution in [1.82, 2.24) is 0 Å². The first kappa shape index (κ1) is 12.4. The molecule has 1 rings (SSSR count). The fraction of sp³-hybridized carbons (Fsp3) is 0.364. The van der Waals surface area contributed by atoms with E-state index in [1.165, 1.54) is 26.2 Å². The molecule has 4 nitrogen and oxygen atoms in total. The van der Waals surface area contributed by atoms with Gasteiger partial charge in [0.2, 0.25) is 0 Å². The Kier molecular flexibility index (Phi) is 4.25. The van der Waals surface area contributed by atoms with Crippen LogP contribution in [0.4, 0.5) is 4.39 Å². The van der Waals surface area contributed by atoms with Gasteiger partial charge in [0.25, 0.3) is 0 Å². The summed E-state index contributed by atoms with van der Waals surface area (Å²) in [5, 5.41) is 8.57. The molecule has 0 amide bonds. The monoisotopic (exact) mass is 228 g/mol. The van der Waals surface area contributed by atoms with E-state index in [4.69, 9.17) is 14.6 Å². The fourth-order valence-corrected chi connectivity index (χ4v) is 1.06. The third kappa shape index (κ3) is 3.20. The zero-order chi connectivity index (χ0) is 12.1. The average Bonchev–Trinajstić information content (AvgIpc) is 2.26. The Labute approximate surface area is 92.6 Å². The first-order chi connectivity index (χ1) is 7.54. The molecular weight excluding hydrogens is 215 g/mol. The van der Waals surface area contributed by atoms with Gasteiger partial charge >= 0.3 is 5.97 Å². The Morgan fingerprint density at radius 3 is 2.75 bits per heavy atom. The van der Waals surface area contributed by atoms with Crippen LogP contribution in [-0.2, 0) is 16.1 Å². The number of carboxylic acid groups (broad SMARTS) is 1. The summed E-state index contributed by atoms with van der Waals surface area (Å²) < 4.78 is 23.2. The quantitative estimate of drug-likeness (QED) is 0.835. The third-order valence-electron chi connectivity index (χ3n) is 2.10. The van der Waals surface area contributed by atoms with E-state index < -0.39 is 17.9 Å². The van der Waals surface area contributed by atoms with E-state index in [0.717, 1.165) is 0 Å². The van der Waals surface area contributed by atoms with Gasteiger partial charge in [0.05, 0.1) is 13.7 Å². The normalized spacial score (nSPS) is 12.2. The number of halogens is 1. The van der Waals surface area contributed by atoms with Crippen LogP contribution in [-0.4, -0.2) is 24.3 Å². The van der Waals surface area contributed by atoms with E-state index in [0.29, 0.717) is 11.3 Å². The first-order valence-corrected chi connectivity index (χ1v) is 4.71. The van der Waals surface area contributed by atoms with Gasteiger partial charge in [-0.15, -0.1) is 0 Å². The molecule has 0 saturated carbocycles. The molecule has 0 aliphatic heterocycles. The van der Waals surface area contributed by atoms with Crippen LogP contribution in [0.3, 0.4) is 0 Å². The van der Waals surface area contributed by atoms with Crippen LogP contribution < -0.4 is 4.74 Å². The zero-order valence-electron chi connectivity index (χ0n) is 9.07. The summed E-state index contributed by atoms with van der Waals surface area (Å²) >= 11 is 0. The summed E-state index contributed by atoms with van der Waals surface area (Å²) in [5.41, 5.74) is 0.300. The molecule has 0 aliphatic rings. The molecule has 0 aromatic heterocycles. The summed E-state index contributed by atoms with van der Waals surface area (Å²) in [7, 11) is 1.44. The minimum Gasteiger partial charge on any atom is -0.497 e. The molecule has 1 unspecified atom stereocenters. The maximum atomic E-state index is 13.4. The highest BCUT2D eigenvalue weighted by molar-refractivity contribution is 5.71. The Hall–Kier alpha value is -1.62. The van der Waals surface area contributed by atoms with E-state index in [1.807, 2.05) is 0 Å². The lowest BCUT2D eigenvalue weighted by Crippen LogP contribution is -2.19. The molecule has 0 aliphatic carbocycles. The van der Waals surface area contributed by atoms with Gasteiger partial charge in [-0.2, -0.15) is 0 Å². The Balaban J connectivity index is 2.64. The van der Waals surface area contributed by atoms with Crippen LogP contribution in [0.15, 0.2) is 18.2 Å². The number of rotatable bonds is 5. The molecule has 0 heterocycles. The van der Waals surface area contributed by atoms with Crippen molar-refractivity contribution in [3.05, 3.63) is 29.6 Å². The summed E-state index contributed by atoms with van der Waals surface area (Å²) in [4.78, 5) is 10.5. The molecule has 5 heteroatoms. The highest BCUT2D eigenvalue weighted by Crippen LogP contribution is 2.17. The van der Waals surface area contributed by atoms with Crippen LogP contribution in [0.1, 0.15) is 12.5 Å². The van der Waals surface area contributed by atoms with Gasteiger partial charge in [0.15, 0.2) is 6.10 Å². The molecular formula is C11H13FO4. The third-order valence-corrected chi connectivity index (χ3v) is 2.10. The number of hydrogen-bond acceptors (Lipinski definition) is 3. The maximum Gasteiger partial charge on any atom is 0.332 e. The van der Waals surface area contributed by atoms with Crippen molar-refractivity contribution >= 4 is 5.97 Å². The highest BCUT2D eigenvalue weighted by atomic mass is 19.1. The SMILES string of the molecule is COc1ccc(COC(C)C(=O)O)c(F)c1. The van der Waals surface area contributed by atoms with Gasteiger partial charge < -0.3 is 14.6 Å². The number of benzene rings is 1. The molecule has 0 fully saturated rings. The fourth-order valence-electron chi connectivity index (χ4n) is 1.06. The number of hydrogen-bond donors (Lipinski definition) is 1. The molecule has 1 aromatic carbocycles. The maximum absolute atomic E-state index is 13.4. The van der Waals surface area contributed by atoms with E-state index >= 15 is 0 Å². The van der Waals surface area contributed by atoms with Crippen LogP contribution >= 0.6 is 0 Å². The Bertz CT molecular complexity index is 378. The second-order valence-electron chi connectivity index (χ2n) is 3.25. The second-order valence-corrected chi connectivity index (χ2v) is 3.25. The van der Waals surface area contributed by atoms with Gasteiger partial charge in [-0.1, -0.05) is 6.07 Å². The molecule has 88 valence electrons. The molecule has 0 saturated heterocycles. The van der Waals surface area contributed by atoms with Crippen molar-refractivity contribution in [3.63, 3.8) is 0 Å². The molecule has 0 spiro atoms. The first-order valence-electron chi connectivity index (χ1n) is 4.71. The lowest BCUT2D eigenvalue weighted by Gasteiger charge is -2.09. The van der Waals surface area contributed by atoms with Crippen LogP contribution in [0, 0.1) is 5.82 Å². The van der Waals surface area contributed by atoms with Crippen molar-refractivity contribution in [2.75, 3.05) is 7.11 Å². The number of carboxylic acids is 1. The average molecular weight is 228 g/mol. The van der Waals surface area contributed by atoms with Crippen molar-refractivity contribution in [2.45, 2.75) is 19.6 Å². The molecule has 16 heavy (non-hydrogen) atoms. The lowest BCUT2D eigenvalue weighted by molar-refractivity contribution is -0.149. The van der Waals surface area contributed by atoms with Crippen molar-refractivity contribution in [3.8, 4) is 5.75 Å². The number of ether oxygens (including phenoxy) is 2. The van der Waals surface area contributed by atoms with Crippen LogP contribution in [0.25, 0.3) is 0 Å². The van der Waals surface area contributed by atoms with E-state index in [-0.39, 0.29) is 6.61 Å². The predicted molar refractivity (Wildman–Crippen MR) is 54.8 cm³/mol. The van der Waals surface area contributed by atoms with Crippen molar-refractivity contribution in [2.24, 2.45) is 0 Å². The Morgan fingerprint density at radius 2 is 2.25 bits per heavy atom. The van der Waals surface area contributed by atoms with Gasteiger partial charge in [-0.05, 0) is 13.0 Å². The topological polar surface area (TPSA) is 55.8 Å². The van der Waals surface area contributed by atoms with Gasteiger partial charge in [-0.3, -0.25) is 0 Å². The number of methoxy groups -OCH3 is 1. The van der Waals surface area contributed by atoms with E-state index in [1.54, 1.807) is 6.07 Å². The van der Waals surface area contributed by atoms with Gasteiger partial charge in [-0.25, -0.2) is 9.18 Å². The Morgan fingerprint density at radius 1 is 1.56 bits per heavy atom. The highest BCUT2D eigenvalue weighted by Gasteiger charge is 2.12. The van der Waals surface area contributed by atoms with Crippen LogP contribution in [0.5, 0.6) is 5.75 Å². The standard InChI is InChI=1S/C11H13FO4/c1-7(11(13)14)16-6-8-3-4-9(15-2)5-10(8)12/h3-5,7H,6H2,1-2H3,(H,13,14). The molecule has 0 bridgehead atoms. The zero-order valence-corrected chi connectivity index (χ0v) is 9.07. The number of carbonyl (C=O) groups is 1. The summed E-state index contributed by atoms with van der Waals surface area (Å²) in [6, 6.07) is 4.32. The van der Waals surface area contributed by atoms with E-state index in [9.17, 15) is 9.18 Å². The molecule has 1 N–H and O–H groups in total.